The van der Waals surface area contributed by atoms with Gasteiger partial charge in [-0.1, -0.05) is 6.58 Å². The Kier molecular flexibility index (Phi) is 2.70. The number of ether oxygens (including phenoxy) is 1. The fourth-order valence-electron chi connectivity index (χ4n) is 2.97. The van der Waals surface area contributed by atoms with Gasteiger partial charge in [0.05, 0.1) is 7.11 Å². The molecule has 1 unspecified atom stereocenters. The van der Waals surface area contributed by atoms with Crippen LogP contribution in [0.4, 0.5) is 0 Å². The number of methoxy groups -OCH3 is 1. The Bertz CT molecular complexity index is 681. The van der Waals surface area contributed by atoms with Crippen molar-refractivity contribution in [2.24, 2.45) is 5.92 Å². The van der Waals surface area contributed by atoms with Gasteiger partial charge in [0.2, 0.25) is 0 Å². The van der Waals surface area contributed by atoms with Crippen molar-refractivity contribution >= 4 is 22.3 Å². The molecule has 3 heteroatoms. The Labute approximate surface area is 112 Å². The predicted octanol–water partition coefficient (Wildman–Crippen LogP) is 3.34. The molecule has 0 aliphatic heterocycles. The van der Waals surface area contributed by atoms with Crippen molar-refractivity contribution in [3.05, 3.63) is 36.0 Å². The molecule has 98 valence electrons. The highest BCUT2D eigenvalue weighted by Gasteiger charge is 2.28. The van der Waals surface area contributed by atoms with E-state index in [0.29, 0.717) is 0 Å². The summed E-state index contributed by atoms with van der Waals surface area (Å²) in [6.45, 7) is 5.76. The van der Waals surface area contributed by atoms with E-state index >= 15 is 0 Å². The van der Waals surface area contributed by atoms with E-state index in [0.717, 1.165) is 35.4 Å². The lowest BCUT2D eigenvalue weighted by molar-refractivity contribution is -0.119. The van der Waals surface area contributed by atoms with Crippen LogP contribution in [0.2, 0.25) is 0 Å². The third-order valence-electron chi connectivity index (χ3n) is 4.03. The topological polar surface area (TPSA) is 42.1 Å². The van der Waals surface area contributed by atoms with Crippen molar-refractivity contribution in [1.29, 1.82) is 0 Å². The number of benzene rings is 1. The van der Waals surface area contributed by atoms with Crippen LogP contribution in [0.3, 0.4) is 0 Å². The number of H-pyrrole nitrogens is 1. The zero-order valence-corrected chi connectivity index (χ0v) is 11.2. The molecule has 1 heterocycles. The highest BCUT2D eigenvalue weighted by atomic mass is 16.5. The molecule has 0 radical (unpaired) electrons. The number of hydrogen-bond acceptors (Lipinski definition) is 2. The Balaban J connectivity index is 2.16. The number of aryl methyl sites for hydroxylation is 1. The number of allylic oxidation sites excluding steroid dienone is 1. The molecule has 3 rings (SSSR count). The maximum absolute atomic E-state index is 11.6. The Hall–Kier alpha value is -2.03. The summed E-state index contributed by atoms with van der Waals surface area (Å²) in [7, 11) is 1.67. The van der Waals surface area contributed by atoms with Gasteiger partial charge in [-0.3, -0.25) is 4.79 Å². The molecule has 0 spiro atoms. The number of carbonyl (C=O) groups excluding carboxylic acids is 1. The van der Waals surface area contributed by atoms with E-state index in [2.05, 4.69) is 11.6 Å². The van der Waals surface area contributed by atoms with E-state index in [9.17, 15) is 4.79 Å². The van der Waals surface area contributed by atoms with Gasteiger partial charge < -0.3 is 9.72 Å². The van der Waals surface area contributed by atoms with E-state index < -0.39 is 0 Å². The van der Waals surface area contributed by atoms with Crippen LogP contribution in [0, 0.1) is 5.92 Å². The van der Waals surface area contributed by atoms with Gasteiger partial charge >= 0.3 is 0 Å². The largest absolute Gasteiger partial charge is 0.497 e. The Morgan fingerprint density at radius 3 is 2.95 bits per heavy atom. The number of aromatic amines is 1. The van der Waals surface area contributed by atoms with Crippen molar-refractivity contribution in [3.8, 4) is 5.75 Å². The summed E-state index contributed by atoms with van der Waals surface area (Å²) in [6, 6.07) is 6.00. The number of rotatable bonds is 2. The van der Waals surface area contributed by atoms with Gasteiger partial charge in [0, 0.05) is 22.5 Å². The second-order valence-electron chi connectivity index (χ2n) is 5.12. The van der Waals surface area contributed by atoms with Gasteiger partial charge in [0.15, 0.2) is 0 Å². The first kappa shape index (κ1) is 12.0. The number of hydrogen-bond donors (Lipinski definition) is 1. The molecule has 19 heavy (non-hydrogen) atoms. The molecule has 2 aromatic rings. The van der Waals surface area contributed by atoms with Crippen LogP contribution in [-0.4, -0.2) is 17.9 Å². The number of aromatic nitrogens is 1. The van der Waals surface area contributed by atoms with E-state index in [4.69, 9.17) is 4.74 Å². The highest BCUT2D eigenvalue weighted by Crippen LogP contribution is 2.39. The molecule has 1 aromatic heterocycles. The van der Waals surface area contributed by atoms with Gasteiger partial charge in [-0.15, -0.1) is 0 Å². The standard InChI is InChI=1S/C16H17NO2/c1-9-12(10(2)18)5-6-13-14-8-11(19-3)4-7-15(14)17-16(9)13/h4,7-8,12,17H,1,5-6H2,2-3H3. The molecule has 0 amide bonds. The SMILES string of the molecule is C=C1c2[nH]c3ccc(OC)cc3c2CCC1C(C)=O. The fourth-order valence-corrected chi connectivity index (χ4v) is 2.97. The first-order valence-corrected chi connectivity index (χ1v) is 6.50. The number of ketones is 1. The third kappa shape index (κ3) is 1.77. The molecular formula is C16H17NO2. The number of carbonyl (C=O) groups is 1. The summed E-state index contributed by atoms with van der Waals surface area (Å²) in [6.07, 6.45) is 1.76. The third-order valence-corrected chi connectivity index (χ3v) is 4.03. The van der Waals surface area contributed by atoms with E-state index in [-0.39, 0.29) is 11.7 Å². The van der Waals surface area contributed by atoms with Crippen molar-refractivity contribution < 1.29 is 9.53 Å². The van der Waals surface area contributed by atoms with Crippen LogP contribution in [0.5, 0.6) is 5.75 Å². The van der Waals surface area contributed by atoms with Gasteiger partial charge in [0.1, 0.15) is 11.5 Å². The molecular weight excluding hydrogens is 238 g/mol. The smallest absolute Gasteiger partial charge is 0.137 e. The van der Waals surface area contributed by atoms with Crippen LogP contribution in [0.25, 0.3) is 16.5 Å². The van der Waals surface area contributed by atoms with Crippen molar-refractivity contribution in [2.45, 2.75) is 19.8 Å². The lowest BCUT2D eigenvalue weighted by atomic mass is 9.81. The second-order valence-corrected chi connectivity index (χ2v) is 5.12. The summed E-state index contributed by atoms with van der Waals surface area (Å²) in [5.41, 5.74) is 4.30. The van der Waals surface area contributed by atoms with Crippen molar-refractivity contribution in [3.63, 3.8) is 0 Å². The fraction of sp³-hybridized carbons (Fsp3) is 0.312. The second kappa shape index (κ2) is 4.26. The lowest BCUT2D eigenvalue weighted by Crippen LogP contribution is -2.18. The Morgan fingerprint density at radius 1 is 1.47 bits per heavy atom. The number of Topliss-reactive ketones (excluding diaryl/α,β-unsaturated/α-hetero) is 1. The zero-order chi connectivity index (χ0) is 13.6. The summed E-state index contributed by atoms with van der Waals surface area (Å²) in [5, 5.41) is 1.18. The zero-order valence-electron chi connectivity index (χ0n) is 11.2. The minimum atomic E-state index is -0.0394. The first-order valence-electron chi connectivity index (χ1n) is 6.50. The average Bonchev–Trinajstić information content (AvgIpc) is 2.77. The van der Waals surface area contributed by atoms with Gasteiger partial charge in [-0.25, -0.2) is 0 Å². The van der Waals surface area contributed by atoms with Crippen molar-refractivity contribution in [2.75, 3.05) is 7.11 Å². The van der Waals surface area contributed by atoms with E-state index in [1.165, 1.54) is 10.9 Å². The molecule has 1 aliphatic carbocycles. The van der Waals surface area contributed by atoms with Crippen LogP contribution >= 0.6 is 0 Å². The normalized spacial score (nSPS) is 18.4. The molecule has 0 saturated heterocycles. The van der Waals surface area contributed by atoms with E-state index in [1.807, 2.05) is 18.2 Å². The van der Waals surface area contributed by atoms with E-state index in [1.54, 1.807) is 14.0 Å². The summed E-state index contributed by atoms with van der Waals surface area (Å²) in [4.78, 5) is 15.0. The molecule has 0 bridgehead atoms. The molecule has 1 aliphatic rings. The summed E-state index contributed by atoms with van der Waals surface area (Å²) >= 11 is 0. The number of nitrogens with one attached hydrogen (secondary N) is 1. The predicted molar refractivity (Wildman–Crippen MR) is 76.4 cm³/mol. The summed E-state index contributed by atoms with van der Waals surface area (Å²) in [5.74, 6) is 1.02. The highest BCUT2D eigenvalue weighted by molar-refractivity contribution is 5.97. The van der Waals surface area contributed by atoms with Crippen LogP contribution in [0.15, 0.2) is 24.8 Å². The van der Waals surface area contributed by atoms with Crippen LogP contribution in [-0.2, 0) is 11.2 Å². The first-order chi connectivity index (χ1) is 9.11. The van der Waals surface area contributed by atoms with Crippen LogP contribution < -0.4 is 4.74 Å². The van der Waals surface area contributed by atoms with Gasteiger partial charge in [-0.2, -0.15) is 0 Å². The molecule has 1 aromatic carbocycles. The maximum Gasteiger partial charge on any atom is 0.137 e. The maximum atomic E-state index is 11.6. The molecule has 1 atom stereocenters. The monoisotopic (exact) mass is 255 g/mol. The van der Waals surface area contributed by atoms with Gasteiger partial charge in [-0.05, 0) is 49.1 Å². The molecule has 0 fully saturated rings. The average molecular weight is 255 g/mol. The lowest BCUT2D eigenvalue weighted by Gasteiger charge is -2.22. The van der Waals surface area contributed by atoms with Crippen LogP contribution in [0.1, 0.15) is 24.6 Å². The Morgan fingerprint density at radius 2 is 2.26 bits per heavy atom. The van der Waals surface area contributed by atoms with Crippen molar-refractivity contribution in [1.82, 2.24) is 4.98 Å². The quantitative estimate of drug-likeness (QED) is 0.894. The summed E-state index contributed by atoms with van der Waals surface area (Å²) < 4.78 is 5.28. The molecule has 3 nitrogen and oxygen atoms in total. The van der Waals surface area contributed by atoms with Gasteiger partial charge in [0.25, 0.3) is 0 Å². The minimum absolute atomic E-state index is 0.0394. The molecule has 1 N–H and O–H groups in total. The minimum Gasteiger partial charge on any atom is -0.497 e. The number of fused-ring (bicyclic) bond motifs is 3. The molecule has 0 saturated carbocycles.